The summed E-state index contributed by atoms with van der Waals surface area (Å²) < 4.78 is 0. The molecule has 0 unspecified atom stereocenters. The molecule has 0 N–H and O–H groups in total. The van der Waals surface area contributed by atoms with Gasteiger partial charge >= 0.3 is 0 Å². The van der Waals surface area contributed by atoms with Crippen LogP contribution in [0.15, 0.2) is 5.16 Å². The maximum Gasteiger partial charge on any atom is 0.117 e. The minimum absolute atomic E-state index is 0.718. The van der Waals surface area contributed by atoms with Crippen molar-refractivity contribution in [2.75, 3.05) is 6.61 Å². The van der Waals surface area contributed by atoms with Crippen molar-refractivity contribution in [2.24, 2.45) is 5.16 Å². The van der Waals surface area contributed by atoms with E-state index in [0.717, 1.165) is 31.6 Å². The number of rotatable bonds is 5. The van der Waals surface area contributed by atoms with Crippen LogP contribution in [0.2, 0.25) is 0 Å². The minimum Gasteiger partial charge on any atom is -0.396 e. The van der Waals surface area contributed by atoms with Crippen LogP contribution in [0.25, 0.3) is 0 Å². The molecule has 59 valence electrons. The highest BCUT2D eigenvalue weighted by atomic mass is 16.6. The molecule has 0 spiro atoms. The van der Waals surface area contributed by atoms with Crippen molar-refractivity contribution in [3.8, 4) is 0 Å². The largest absolute Gasteiger partial charge is 0.396 e. The number of hydrogen-bond acceptors (Lipinski definition) is 2. The molecule has 0 aromatic carbocycles. The van der Waals surface area contributed by atoms with Crippen LogP contribution < -0.4 is 0 Å². The topological polar surface area (TPSA) is 21.6 Å². The van der Waals surface area contributed by atoms with Crippen molar-refractivity contribution in [1.29, 1.82) is 0 Å². The van der Waals surface area contributed by atoms with Gasteiger partial charge in [-0.3, -0.25) is 0 Å². The predicted molar refractivity (Wildman–Crippen MR) is 43.9 cm³/mol. The summed E-state index contributed by atoms with van der Waals surface area (Å²) in [4.78, 5) is 4.95. The Morgan fingerprint density at radius 2 is 2.20 bits per heavy atom. The van der Waals surface area contributed by atoms with Crippen molar-refractivity contribution in [3.63, 3.8) is 0 Å². The molecule has 2 heteroatoms. The molecule has 0 heterocycles. The van der Waals surface area contributed by atoms with Gasteiger partial charge in [-0.1, -0.05) is 25.4 Å². The molecule has 10 heavy (non-hydrogen) atoms. The van der Waals surface area contributed by atoms with Gasteiger partial charge in [-0.2, -0.15) is 0 Å². The predicted octanol–water partition coefficient (Wildman–Crippen LogP) is 2.40. The normalized spacial score (nSPS) is 11.7. The van der Waals surface area contributed by atoms with Crippen LogP contribution in [0, 0.1) is 6.92 Å². The quantitative estimate of drug-likeness (QED) is 0.328. The van der Waals surface area contributed by atoms with E-state index in [1.807, 2.05) is 6.92 Å². The first-order chi connectivity index (χ1) is 4.81. The van der Waals surface area contributed by atoms with Crippen LogP contribution >= 0.6 is 0 Å². The van der Waals surface area contributed by atoms with Gasteiger partial charge in [-0.25, -0.2) is 0 Å². The lowest BCUT2D eigenvalue weighted by Crippen LogP contribution is -1.92. The lowest BCUT2D eigenvalue weighted by molar-refractivity contribution is 0.141. The SMILES string of the molecule is [CH2]/C(CC)=N/OCCCC. The monoisotopic (exact) mass is 142 g/mol. The summed E-state index contributed by atoms with van der Waals surface area (Å²) in [5.41, 5.74) is 0.816. The third kappa shape index (κ3) is 5.60. The second-order valence-electron chi connectivity index (χ2n) is 2.20. The smallest absolute Gasteiger partial charge is 0.117 e. The third-order valence-corrected chi connectivity index (χ3v) is 1.19. The molecular weight excluding hydrogens is 126 g/mol. The maximum atomic E-state index is 4.95. The lowest BCUT2D eigenvalue weighted by Gasteiger charge is -1.97. The third-order valence-electron chi connectivity index (χ3n) is 1.19. The van der Waals surface area contributed by atoms with E-state index in [4.69, 9.17) is 4.84 Å². The Hall–Kier alpha value is -0.530. The zero-order valence-corrected chi connectivity index (χ0v) is 6.89. The van der Waals surface area contributed by atoms with Crippen molar-refractivity contribution in [1.82, 2.24) is 0 Å². The van der Waals surface area contributed by atoms with Gasteiger partial charge in [0.25, 0.3) is 0 Å². The van der Waals surface area contributed by atoms with Crippen molar-refractivity contribution < 1.29 is 4.84 Å². The van der Waals surface area contributed by atoms with E-state index in [1.165, 1.54) is 0 Å². The zero-order valence-electron chi connectivity index (χ0n) is 6.89. The molecule has 0 saturated carbocycles. The summed E-state index contributed by atoms with van der Waals surface area (Å²) in [5, 5.41) is 3.79. The Bertz CT molecular complexity index is 99.4. The zero-order chi connectivity index (χ0) is 7.82. The number of hydrogen-bond donors (Lipinski definition) is 0. The van der Waals surface area contributed by atoms with E-state index in [0.29, 0.717) is 0 Å². The fourth-order valence-electron chi connectivity index (χ4n) is 0.410. The van der Waals surface area contributed by atoms with Gasteiger partial charge in [0.2, 0.25) is 0 Å². The van der Waals surface area contributed by atoms with Crippen LogP contribution in [0.3, 0.4) is 0 Å². The Morgan fingerprint density at radius 1 is 1.50 bits per heavy atom. The average molecular weight is 142 g/mol. The molecule has 1 radical (unpaired) electrons. The summed E-state index contributed by atoms with van der Waals surface area (Å²) in [6.45, 7) is 8.53. The summed E-state index contributed by atoms with van der Waals surface area (Å²) in [5.74, 6) is 0. The number of oxime groups is 1. The summed E-state index contributed by atoms with van der Waals surface area (Å²) in [6, 6.07) is 0. The van der Waals surface area contributed by atoms with Crippen molar-refractivity contribution in [3.05, 3.63) is 6.92 Å². The van der Waals surface area contributed by atoms with Crippen molar-refractivity contribution in [2.45, 2.75) is 33.1 Å². The van der Waals surface area contributed by atoms with Gasteiger partial charge in [0.15, 0.2) is 0 Å². The molecule has 0 amide bonds. The standard InChI is InChI=1S/C8H16NO/c1-4-6-7-10-9-8(3)5-2/h3-7H2,1-2H3/b9-8-. The molecule has 0 atom stereocenters. The molecule has 0 aliphatic rings. The molecule has 0 aromatic heterocycles. The van der Waals surface area contributed by atoms with Gasteiger partial charge in [-0.05, 0) is 19.8 Å². The van der Waals surface area contributed by atoms with E-state index < -0.39 is 0 Å². The van der Waals surface area contributed by atoms with Crippen LogP contribution in [0.5, 0.6) is 0 Å². The van der Waals surface area contributed by atoms with E-state index >= 15 is 0 Å². The van der Waals surface area contributed by atoms with Gasteiger partial charge in [0, 0.05) is 0 Å². The summed E-state index contributed by atoms with van der Waals surface area (Å²) in [7, 11) is 0. The van der Waals surface area contributed by atoms with E-state index in [9.17, 15) is 0 Å². The molecule has 0 aromatic rings. The molecule has 2 nitrogen and oxygen atoms in total. The summed E-state index contributed by atoms with van der Waals surface area (Å²) in [6.07, 6.45) is 3.08. The fourth-order valence-corrected chi connectivity index (χ4v) is 0.410. The molecule has 0 aliphatic carbocycles. The molecule has 0 aliphatic heterocycles. The minimum atomic E-state index is 0.718. The highest BCUT2D eigenvalue weighted by Gasteiger charge is 1.85. The van der Waals surface area contributed by atoms with Gasteiger partial charge in [-0.15, -0.1) is 0 Å². The first-order valence-corrected chi connectivity index (χ1v) is 3.82. The van der Waals surface area contributed by atoms with Crippen LogP contribution in [0.4, 0.5) is 0 Å². The van der Waals surface area contributed by atoms with Crippen LogP contribution in [-0.2, 0) is 4.84 Å². The van der Waals surface area contributed by atoms with Gasteiger partial charge < -0.3 is 4.84 Å². The van der Waals surface area contributed by atoms with Gasteiger partial charge in [0.1, 0.15) is 6.61 Å². The summed E-state index contributed by atoms with van der Waals surface area (Å²) >= 11 is 0. The number of nitrogens with zero attached hydrogens (tertiary/aromatic N) is 1. The van der Waals surface area contributed by atoms with E-state index in [1.54, 1.807) is 0 Å². The average Bonchev–Trinajstić information content (AvgIpc) is 1.98. The second-order valence-corrected chi connectivity index (χ2v) is 2.20. The Kier molecular flexibility index (Phi) is 6.24. The molecule has 0 bridgehead atoms. The molecule has 0 saturated heterocycles. The van der Waals surface area contributed by atoms with Crippen LogP contribution in [0.1, 0.15) is 33.1 Å². The van der Waals surface area contributed by atoms with Crippen molar-refractivity contribution >= 4 is 5.71 Å². The Labute approximate surface area is 63.3 Å². The van der Waals surface area contributed by atoms with Crippen LogP contribution in [-0.4, -0.2) is 12.3 Å². The first-order valence-electron chi connectivity index (χ1n) is 3.82. The molecule has 0 rings (SSSR count). The Morgan fingerprint density at radius 3 is 2.70 bits per heavy atom. The first kappa shape index (κ1) is 9.47. The van der Waals surface area contributed by atoms with E-state index in [-0.39, 0.29) is 0 Å². The molecule has 0 fully saturated rings. The number of unbranched alkanes of at least 4 members (excludes halogenated alkanes) is 1. The maximum absolute atomic E-state index is 4.95. The Balaban J connectivity index is 3.16. The highest BCUT2D eigenvalue weighted by Crippen LogP contribution is 1.90. The highest BCUT2D eigenvalue weighted by molar-refractivity contribution is 5.87. The van der Waals surface area contributed by atoms with Gasteiger partial charge in [0.05, 0.1) is 5.71 Å². The molecular formula is C8H16NO. The second kappa shape index (κ2) is 6.59. The lowest BCUT2D eigenvalue weighted by atomic mass is 10.3. The van der Waals surface area contributed by atoms with E-state index in [2.05, 4.69) is 19.0 Å². The fraction of sp³-hybridized carbons (Fsp3) is 0.750.